The van der Waals surface area contributed by atoms with Crippen molar-refractivity contribution in [1.82, 2.24) is 9.97 Å². The first-order valence-electron chi connectivity index (χ1n) is 7.32. The van der Waals surface area contributed by atoms with Crippen molar-refractivity contribution < 1.29 is 19.4 Å². The van der Waals surface area contributed by atoms with Crippen LogP contribution >= 0.6 is 11.8 Å². The minimum Gasteiger partial charge on any atom is -0.477 e. The van der Waals surface area contributed by atoms with Crippen molar-refractivity contribution in [2.45, 2.75) is 5.16 Å². The van der Waals surface area contributed by atoms with Crippen LogP contribution in [0.3, 0.4) is 0 Å². The molecule has 0 spiro atoms. The number of ether oxygens (including phenoxy) is 2. The molecule has 1 aromatic heterocycles. The van der Waals surface area contributed by atoms with Gasteiger partial charge in [0.25, 0.3) is 0 Å². The van der Waals surface area contributed by atoms with E-state index in [0.29, 0.717) is 16.7 Å². The summed E-state index contributed by atoms with van der Waals surface area (Å²) in [5.41, 5.74) is -0.231. The molecule has 0 bridgehead atoms. The summed E-state index contributed by atoms with van der Waals surface area (Å²) >= 11 is 1.26. The first-order chi connectivity index (χ1) is 12.2. The smallest absolute Gasteiger partial charge is 0.346 e. The molecule has 6 nitrogen and oxygen atoms in total. The molecular weight excluding hydrogens is 340 g/mol. The molecule has 0 saturated heterocycles. The molecule has 0 amide bonds. The Hall–Kier alpha value is -3.06. The lowest BCUT2D eigenvalue weighted by Crippen LogP contribution is -2.08. The number of hydrogen-bond acceptors (Lipinski definition) is 6. The Morgan fingerprint density at radius 2 is 1.32 bits per heavy atom. The van der Waals surface area contributed by atoms with Crippen LogP contribution in [0.25, 0.3) is 0 Å². The van der Waals surface area contributed by atoms with Crippen molar-refractivity contribution in [3.05, 3.63) is 66.2 Å². The van der Waals surface area contributed by atoms with Crippen LogP contribution in [-0.2, 0) is 0 Å². The zero-order valence-corrected chi connectivity index (χ0v) is 14.1. The molecule has 25 heavy (non-hydrogen) atoms. The topological polar surface area (TPSA) is 81.5 Å². The van der Waals surface area contributed by atoms with Crippen molar-refractivity contribution in [2.75, 3.05) is 6.26 Å². The van der Waals surface area contributed by atoms with Gasteiger partial charge in [0.05, 0.1) is 0 Å². The first-order valence-corrected chi connectivity index (χ1v) is 8.55. The predicted octanol–water partition coefficient (Wildman–Crippen LogP) is 4.48. The van der Waals surface area contributed by atoms with Crippen molar-refractivity contribution in [3.8, 4) is 23.3 Å². The third-order valence-corrected chi connectivity index (χ3v) is 3.68. The summed E-state index contributed by atoms with van der Waals surface area (Å²) in [7, 11) is 0. The number of carboxylic acid groups (broad SMARTS) is 1. The molecular formula is C18H14N2O4S. The summed E-state index contributed by atoms with van der Waals surface area (Å²) in [6.45, 7) is 0. The molecule has 126 valence electrons. The molecule has 0 aliphatic carbocycles. The Bertz CT molecular complexity index is 810. The highest BCUT2D eigenvalue weighted by Crippen LogP contribution is 2.33. The second-order valence-corrected chi connectivity index (χ2v) is 5.60. The molecule has 2 aromatic carbocycles. The number of aromatic nitrogens is 2. The fourth-order valence-corrected chi connectivity index (χ4v) is 2.37. The van der Waals surface area contributed by atoms with Gasteiger partial charge in [0.1, 0.15) is 11.5 Å². The molecule has 1 heterocycles. The zero-order chi connectivity index (χ0) is 17.6. The highest BCUT2D eigenvalue weighted by molar-refractivity contribution is 7.98. The van der Waals surface area contributed by atoms with E-state index in [1.165, 1.54) is 11.8 Å². The highest BCUT2D eigenvalue weighted by Gasteiger charge is 2.24. The van der Waals surface area contributed by atoms with Crippen LogP contribution in [0.1, 0.15) is 10.4 Å². The van der Waals surface area contributed by atoms with Crippen molar-refractivity contribution in [2.24, 2.45) is 0 Å². The average Bonchev–Trinajstić information content (AvgIpc) is 2.63. The standard InChI is InChI=1S/C18H14N2O4S/c1-25-18-19-15(23-12-8-4-2-5-9-12)14(17(21)22)16(20-18)24-13-10-6-3-7-11-13/h2-11H,1H3,(H,21,22). The van der Waals surface area contributed by atoms with Gasteiger partial charge in [0, 0.05) is 0 Å². The maximum absolute atomic E-state index is 11.8. The number of benzene rings is 2. The monoisotopic (exact) mass is 354 g/mol. The fourth-order valence-electron chi connectivity index (χ4n) is 2.02. The number of rotatable bonds is 6. The van der Waals surface area contributed by atoms with Gasteiger partial charge in [-0.05, 0) is 30.5 Å². The van der Waals surface area contributed by atoms with Gasteiger partial charge in [-0.15, -0.1) is 0 Å². The molecule has 3 rings (SSSR count). The maximum Gasteiger partial charge on any atom is 0.346 e. The van der Waals surface area contributed by atoms with Crippen LogP contribution in [0.4, 0.5) is 0 Å². The maximum atomic E-state index is 11.8. The van der Waals surface area contributed by atoms with Crippen LogP contribution in [0.5, 0.6) is 23.3 Å². The minimum absolute atomic E-state index is 0.0658. The van der Waals surface area contributed by atoms with E-state index in [-0.39, 0.29) is 17.3 Å². The summed E-state index contributed by atoms with van der Waals surface area (Å²) in [5, 5.41) is 9.97. The van der Waals surface area contributed by atoms with Gasteiger partial charge in [0.2, 0.25) is 11.8 Å². The normalized spacial score (nSPS) is 10.3. The van der Waals surface area contributed by atoms with E-state index in [1.54, 1.807) is 54.8 Å². The first kappa shape index (κ1) is 16.8. The number of carboxylic acids is 1. The summed E-state index contributed by atoms with van der Waals surface area (Å²) < 4.78 is 11.3. The molecule has 0 aliphatic heterocycles. The van der Waals surface area contributed by atoms with Crippen molar-refractivity contribution in [1.29, 1.82) is 0 Å². The Kier molecular flexibility index (Phi) is 5.15. The predicted molar refractivity (Wildman–Crippen MR) is 93.8 cm³/mol. The largest absolute Gasteiger partial charge is 0.477 e. The fraction of sp³-hybridized carbons (Fsp3) is 0.0556. The lowest BCUT2D eigenvalue weighted by Gasteiger charge is -2.13. The Balaban J connectivity index is 2.07. The third kappa shape index (κ3) is 4.07. The number of nitrogens with zero attached hydrogens (tertiary/aromatic N) is 2. The average molecular weight is 354 g/mol. The summed E-state index contributed by atoms with van der Waals surface area (Å²) in [4.78, 5) is 20.1. The van der Waals surface area contributed by atoms with Gasteiger partial charge >= 0.3 is 5.97 Å². The summed E-state index contributed by atoms with van der Waals surface area (Å²) in [5.74, 6) is -0.416. The number of carbonyl (C=O) groups is 1. The van der Waals surface area contributed by atoms with E-state index in [4.69, 9.17) is 9.47 Å². The van der Waals surface area contributed by atoms with Crippen molar-refractivity contribution in [3.63, 3.8) is 0 Å². The quantitative estimate of drug-likeness (QED) is 0.516. The molecule has 0 saturated carbocycles. The number of para-hydroxylation sites is 2. The third-order valence-electron chi connectivity index (χ3n) is 3.13. The Morgan fingerprint density at radius 1 is 0.880 bits per heavy atom. The van der Waals surface area contributed by atoms with E-state index in [2.05, 4.69) is 9.97 Å². The lowest BCUT2D eigenvalue weighted by molar-refractivity contribution is 0.0689. The molecule has 0 unspecified atom stereocenters. The van der Waals surface area contributed by atoms with Crippen LogP contribution in [0, 0.1) is 0 Å². The van der Waals surface area contributed by atoms with Gasteiger partial charge in [-0.25, -0.2) is 4.79 Å². The zero-order valence-electron chi connectivity index (χ0n) is 13.2. The Labute approximate surface area is 148 Å². The van der Waals surface area contributed by atoms with E-state index in [9.17, 15) is 9.90 Å². The molecule has 1 N–H and O–H groups in total. The Morgan fingerprint density at radius 3 is 1.68 bits per heavy atom. The SMILES string of the molecule is CSc1nc(Oc2ccccc2)c(C(=O)O)c(Oc2ccccc2)n1. The molecule has 3 aromatic rings. The number of aromatic carboxylic acids is 1. The van der Waals surface area contributed by atoms with Crippen LogP contribution in [0.15, 0.2) is 65.8 Å². The highest BCUT2D eigenvalue weighted by atomic mass is 32.2. The molecule has 0 aliphatic rings. The van der Waals surface area contributed by atoms with Gasteiger partial charge in [-0.3, -0.25) is 0 Å². The number of thioether (sulfide) groups is 1. The van der Waals surface area contributed by atoms with Gasteiger partial charge in [0.15, 0.2) is 10.7 Å². The molecule has 0 fully saturated rings. The molecule has 0 atom stereocenters. The molecule has 7 heteroatoms. The van der Waals surface area contributed by atoms with Crippen LogP contribution < -0.4 is 9.47 Å². The minimum atomic E-state index is -1.23. The molecule has 0 radical (unpaired) electrons. The van der Waals surface area contributed by atoms with Crippen LogP contribution in [0.2, 0.25) is 0 Å². The van der Waals surface area contributed by atoms with E-state index in [0.717, 1.165) is 0 Å². The van der Waals surface area contributed by atoms with Gasteiger partial charge in [-0.2, -0.15) is 9.97 Å². The lowest BCUT2D eigenvalue weighted by atomic mass is 10.3. The van der Waals surface area contributed by atoms with Gasteiger partial charge < -0.3 is 14.6 Å². The summed E-state index contributed by atoms with van der Waals surface area (Å²) in [6.07, 6.45) is 1.79. The van der Waals surface area contributed by atoms with Gasteiger partial charge in [-0.1, -0.05) is 48.2 Å². The van der Waals surface area contributed by atoms with Crippen molar-refractivity contribution >= 4 is 17.7 Å². The van der Waals surface area contributed by atoms with E-state index in [1.807, 2.05) is 12.1 Å². The van der Waals surface area contributed by atoms with Crippen LogP contribution in [-0.4, -0.2) is 27.3 Å². The van der Waals surface area contributed by atoms with E-state index >= 15 is 0 Å². The second kappa shape index (κ2) is 7.67. The number of hydrogen-bond donors (Lipinski definition) is 1. The second-order valence-electron chi connectivity index (χ2n) is 4.83. The van der Waals surface area contributed by atoms with E-state index < -0.39 is 5.97 Å². The summed E-state index contributed by atoms with van der Waals surface area (Å²) in [6, 6.07) is 17.7.